The fraction of sp³-hybridized carbons (Fsp3) is 0.320. The molecule has 2 aromatic carbocycles. The number of aromatic nitrogens is 1. The zero-order chi connectivity index (χ0) is 28.4. The third-order valence-corrected chi connectivity index (χ3v) is 8.01. The summed E-state index contributed by atoms with van der Waals surface area (Å²) in [6.07, 6.45) is 4.24. The van der Waals surface area contributed by atoms with Crippen molar-refractivity contribution in [3.8, 4) is 5.75 Å². The summed E-state index contributed by atoms with van der Waals surface area (Å²) in [6.45, 7) is 2.32. The Morgan fingerprint density at radius 1 is 0.976 bits per heavy atom. The molecule has 1 N–H and O–H groups in total. The number of anilines is 1. The molecule has 0 atom stereocenters. The number of fused-ring (bicyclic) bond motifs is 2. The van der Waals surface area contributed by atoms with Gasteiger partial charge in [-0.15, -0.1) is 0 Å². The van der Waals surface area contributed by atoms with Gasteiger partial charge < -0.3 is 28.6 Å². The molecule has 42 heavy (non-hydrogen) atoms. The first-order chi connectivity index (χ1) is 18.3. The fourth-order valence-corrected chi connectivity index (χ4v) is 5.48. The molecule has 0 aliphatic carbocycles. The number of aryl methyl sites for hydroxylation is 1. The second-order valence-electron chi connectivity index (χ2n) is 8.86. The molecule has 0 saturated carbocycles. The molecule has 0 radical (unpaired) electrons. The molecule has 1 aliphatic heterocycles. The summed E-state index contributed by atoms with van der Waals surface area (Å²) in [5.74, 6) is 0.296. The van der Waals surface area contributed by atoms with Crippen LogP contribution in [0.2, 0.25) is 10.0 Å². The largest absolute Gasteiger partial charge is 1.00 e. The van der Waals surface area contributed by atoms with Crippen molar-refractivity contribution < 1.29 is 104 Å². The van der Waals surface area contributed by atoms with E-state index >= 15 is 0 Å². The summed E-state index contributed by atoms with van der Waals surface area (Å²) in [4.78, 5) is 1.75. The van der Waals surface area contributed by atoms with E-state index in [9.17, 15) is 25.9 Å². The predicted octanol–water partition coefficient (Wildman–Crippen LogP) is -1.74. The molecule has 0 spiro atoms. The van der Waals surface area contributed by atoms with Crippen molar-refractivity contribution in [3.63, 3.8) is 0 Å². The maximum atomic E-state index is 11.1. The standard InChI is InChI=1S/C25H26Cl2N2O8S2.2Na.H2O/c1-2-17(13-24-28(9-3-11-38(30,31)32)20-15-18(26)5-7-22(20)36-24)14-25-29(10-4-12-39(33,34)35)21-16-19(27)6-8-23(21)37-25;;;/h5-8,13-16H,2-4,9-12H2,1H3,(H-,30,31,32,33,34,35);;;1H2/q;2*+1;/p-2. The molecule has 218 valence electrons. The molecule has 0 amide bonds. The molecule has 0 fully saturated rings. The van der Waals surface area contributed by atoms with Gasteiger partial charge in [-0.1, -0.05) is 30.1 Å². The maximum Gasteiger partial charge on any atom is 1.00 e. The first kappa shape index (κ1) is 39.4. The van der Waals surface area contributed by atoms with Crippen LogP contribution < -0.4 is 73.3 Å². The molecule has 17 heteroatoms. The molecule has 11 nitrogen and oxygen atoms in total. The van der Waals surface area contributed by atoms with Crippen molar-refractivity contribution in [2.75, 3.05) is 23.0 Å². The van der Waals surface area contributed by atoms with Gasteiger partial charge in [0.2, 0.25) is 11.5 Å². The van der Waals surface area contributed by atoms with E-state index in [4.69, 9.17) is 32.4 Å². The van der Waals surface area contributed by atoms with Gasteiger partial charge in [-0.05, 0) is 48.7 Å². The van der Waals surface area contributed by atoms with Crippen molar-refractivity contribution in [1.29, 1.82) is 0 Å². The van der Waals surface area contributed by atoms with Crippen LogP contribution in [0.15, 0.2) is 58.3 Å². The monoisotopic (exact) mass is 678 g/mol. The number of benzene rings is 2. The van der Waals surface area contributed by atoms with Crippen LogP contribution in [0.25, 0.3) is 17.2 Å². The van der Waals surface area contributed by atoms with E-state index < -0.39 is 31.7 Å². The Kier molecular flexibility index (Phi) is 15.6. The summed E-state index contributed by atoms with van der Waals surface area (Å²) in [5.41, 5.74) is 2.57. The third-order valence-electron chi connectivity index (χ3n) is 5.96. The molecule has 3 aromatic rings. The van der Waals surface area contributed by atoms with Gasteiger partial charge in [0.15, 0.2) is 12.3 Å². The van der Waals surface area contributed by atoms with Gasteiger partial charge in [-0.25, -0.2) is 16.8 Å². The number of oxazole rings is 1. The Balaban J connectivity index is 0.00000294. The normalized spacial score (nSPS) is 14.2. The summed E-state index contributed by atoms with van der Waals surface area (Å²) in [7, 11) is -8.76. The minimum absolute atomic E-state index is 0. The van der Waals surface area contributed by atoms with Gasteiger partial charge in [0, 0.05) is 46.7 Å². The second kappa shape index (κ2) is 16.6. The Bertz CT molecular complexity index is 1680. The third kappa shape index (κ3) is 10.8. The minimum atomic E-state index is -4.38. The van der Waals surface area contributed by atoms with Crippen LogP contribution in [0.5, 0.6) is 5.75 Å². The number of allylic oxidation sites excluding steroid dienone is 2. The van der Waals surface area contributed by atoms with E-state index in [0.717, 1.165) is 5.57 Å². The van der Waals surface area contributed by atoms with Crippen molar-refractivity contribution in [2.24, 2.45) is 0 Å². The van der Waals surface area contributed by atoms with Crippen molar-refractivity contribution in [2.45, 2.75) is 32.7 Å². The van der Waals surface area contributed by atoms with Gasteiger partial charge in [-0.2, -0.15) is 4.57 Å². The molecular formula is C25H26Cl2N2Na2O9S2. The Morgan fingerprint density at radius 2 is 1.60 bits per heavy atom. The first-order valence-corrected chi connectivity index (χ1v) is 15.9. The Hall–Kier alpha value is -0.650. The van der Waals surface area contributed by atoms with Gasteiger partial charge in [0.25, 0.3) is 5.52 Å². The average Bonchev–Trinajstić information content (AvgIpc) is 3.34. The topological polar surface area (TPSA) is 174 Å². The number of hydrogen-bond acceptors (Lipinski definition) is 10. The number of halogens is 2. The van der Waals surface area contributed by atoms with Crippen molar-refractivity contribution in [3.05, 3.63) is 69.9 Å². The van der Waals surface area contributed by atoms with Crippen LogP contribution in [-0.4, -0.2) is 49.5 Å². The first-order valence-electron chi connectivity index (χ1n) is 12.0. The molecule has 0 saturated heterocycles. The number of ether oxygens (including phenoxy) is 1. The smallest absolute Gasteiger partial charge is 0.870 e. The fourth-order valence-electron chi connectivity index (χ4n) is 4.19. The van der Waals surface area contributed by atoms with Crippen LogP contribution in [-0.2, 0) is 26.8 Å². The van der Waals surface area contributed by atoms with E-state index in [1.165, 1.54) is 0 Å². The molecule has 0 unspecified atom stereocenters. The predicted molar refractivity (Wildman–Crippen MR) is 147 cm³/mol. The second-order valence-corrected chi connectivity index (χ2v) is 12.8. The summed E-state index contributed by atoms with van der Waals surface area (Å²) in [5, 5.41) is 0.932. The molecule has 1 aromatic heterocycles. The van der Waals surface area contributed by atoms with E-state index in [1.54, 1.807) is 58.0 Å². The molecule has 2 heterocycles. The summed E-state index contributed by atoms with van der Waals surface area (Å²) < 4.78 is 80.7. The molecule has 1 aliphatic rings. The van der Waals surface area contributed by atoms with E-state index in [2.05, 4.69) is 0 Å². The SMILES string of the molecule is CCC(=Cc1oc2ccc(Cl)cc2[n+]1CCCS(=O)(=O)[O-])C=C1Oc2ccc(Cl)cc2N1CCCS(=O)(=O)[O-].[Na+].[Na+].[OH-]. The quantitative estimate of drug-likeness (QED) is 0.129. The van der Waals surface area contributed by atoms with Crippen LogP contribution in [0.4, 0.5) is 5.69 Å². The zero-order valence-corrected chi connectivity index (χ0v) is 30.4. The van der Waals surface area contributed by atoms with Crippen LogP contribution in [0.1, 0.15) is 32.1 Å². The van der Waals surface area contributed by atoms with Crippen LogP contribution in [0.3, 0.4) is 0 Å². The average molecular weight is 680 g/mol. The van der Waals surface area contributed by atoms with Crippen molar-refractivity contribution >= 4 is 66.3 Å². The number of hydrogen-bond donors (Lipinski definition) is 0. The van der Waals surface area contributed by atoms with Crippen molar-refractivity contribution in [1.82, 2.24) is 0 Å². The molecule has 0 bridgehead atoms. The van der Waals surface area contributed by atoms with E-state index in [0.29, 0.717) is 50.8 Å². The van der Waals surface area contributed by atoms with Crippen LogP contribution in [0, 0.1) is 0 Å². The maximum absolute atomic E-state index is 11.1. The Morgan fingerprint density at radius 3 is 2.24 bits per heavy atom. The number of rotatable bonds is 11. The minimum Gasteiger partial charge on any atom is -0.870 e. The number of nitrogens with zero attached hydrogens (tertiary/aromatic N) is 2. The zero-order valence-electron chi connectivity index (χ0n) is 23.2. The van der Waals surface area contributed by atoms with Gasteiger partial charge in [-0.3, -0.25) is 0 Å². The van der Waals surface area contributed by atoms with Gasteiger partial charge in [0.1, 0.15) is 0 Å². The Labute approximate surface area is 298 Å². The van der Waals surface area contributed by atoms with E-state index in [1.807, 2.05) is 6.92 Å². The summed E-state index contributed by atoms with van der Waals surface area (Å²) >= 11 is 12.4. The van der Waals surface area contributed by atoms with E-state index in [-0.39, 0.29) is 90.5 Å². The van der Waals surface area contributed by atoms with Gasteiger partial charge in [0.05, 0.1) is 32.0 Å². The molecular weight excluding hydrogens is 653 g/mol. The molecule has 4 rings (SSSR count). The van der Waals surface area contributed by atoms with Crippen LogP contribution >= 0.6 is 23.2 Å². The summed E-state index contributed by atoms with van der Waals surface area (Å²) in [6, 6.07) is 10.1. The van der Waals surface area contributed by atoms with Gasteiger partial charge >= 0.3 is 65.0 Å².